The summed E-state index contributed by atoms with van der Waals surface area (Å²) in [6.07, 6.45) is 3.38. The minimum absolute atomic E-state index is 0.00786. The number of rotatable bonds is 6. The molecule has 0 N–H and O–H groups in total. The average molecular weight is 295 g/mol. The number of methoxy groups -OCH3 is 1. The van der Waals surface area contributed by atoms with E-state index in [1.807, 2.05) is 62.6 Å². The largest absolute Gasteiger partial charge is 0.496 e. The number of para-hydroxylation sites is 1. The van der Waals surface area contributed by atoms with Crippen LogP contribution in [0.2, 0.25) is 0 Å². The van der Waals surface area contributed by atoms with Crippen LogP contribution in [0.5, 0.6) is 5.75 Å². The molecular weight excluding hydrogens is 274 g/mol. The molecule has 0 aliphatic carbocycles. The van der Waals surface area contributed by atoms with Crippen molar-refractivity contribution in [2.75, 3.05) is 21.2 Å². The zero-order valence-electron chi connectivity index (χ0n) is 13.2. The summed E-state index contributed by atoms with van der Waals surface area (Å²) < 4.78 is 5.28. The van der Waals surface area contributed by atoms with Crippen LogP contribution in [-0.2, 0) is 6.54 Å². The molecule has 0 fully saturated rings. The van der Waals surface area contributed by atoms with Gasteiger partial charge in [-0.1, -0.05) is 36.4 Å². The molecule has 0 saturated heterocycles. The molecule has 0 heterocycles. The van der Waals surface area contributed by atoms with Crippen molar-refractivity contribution in [2.45, 2.75) is 6.54 Å². The van der Waals surface area contributed by atoms with Crippen molar-refractivity contribution < 1.29 is 9.53 Å². The number of nitrogens with zero attached hydrogens (tertiary/aromatic N) is 1. The Kier molecular flexibility index (Phi) is 5.50. The van der Waals surface area contributed by atoms with Crippen LogP contribution in [0, 0.1) is 0 Å². The van der Waals surface area contributed by atoms with E-state index in [4.69, 9.17) is 4.74 Å². The second-order valence-electron chi connectivity index (χ2n) is 5.38. The van der Waals surface area contributed by atoms with Crippen LogP contribution in [0.15, 0.2) is 54.6 Å². The summed E-state index contributed by atoms with van der Waals surface area (Å²) in [5.41, 5.74) is 2.72. The fraction of sp³-hybridized carbons (Fsp3) is 0.211. The molecule has 0 spiro atoms. The van der Waals surface area contributed by atoms with Crippen molar-refractivity contribution in [2.24, 2.45) is 0 Å². The molecule has 2 rings (SSSR count). The molecule has 114 valence electrons. The maximum Gasteiger partial charge on any atom is 0.185 e. The van der Waals surface area contributed by atoms with Gasteiger partial charge in [0.25, 0.3) is 0 Å². The number of ether oxygens (including phenoxy) is 1. The summed E-state index contributed by atoms with van der Waals surface area (Å²) in [6, 6.07) is 15.4. The molecule has 2 aromatic carbocycles. The Bertz CT molecular complexity index is 675. The van der Waals surface area contributed by atoms with E-state index in [0.29, 0.717) is 5.56 Å². The monoisotopic (exact) mass is 295 g/mol. The maximum atomic E-state index is 12.3. The Morgan fingerprint density at radius 3 is 2.64 bits per heavy atom. The van der Waals surface area contributed by atoms with Gasteiger partial charge in [-0.05, 0) is 43.9 Å². The highest BCUT2D eigenvalue weighted by Gasteiger charge is 2.04. The van der Waals surface area contributed by atoms with Crippen molar-refractivity contribution in [3.05, 3.63) is 71.3 Å². The first-order valence-electron chi connectivity index (χ1n) is 7.19. The van der Waals surface area contributed by atoms with Gasteiger partial charge >= 0.3 is 0 Å². The summed E-state index contributed by atoms with van der Waals surface area (Å²) in [5.74, 6) is 0.749. The quantitative estimate of drug-likeness (QED) is 0.602. The third-order valence-corrected chi connectivity index (χ3v) is 3.26. The predicted octanol–water partition coefficient (Wildman–Crippen LogP) is 3.65. The molecule has 0 radical (unpaired) electrons. The molecular formula is C19H21NO2. The summed E-state index contributed by atoms with van der Waals surface area (Å²) in [5, 5.41) is 0. The molecule has 0 aliphatic heterocycles. The van der Waals surface area contributed by atoms with E-state index >= 15 is 0 Å². The van der Waals surface area contributed by atoms with Gasteiger partial charge in [0.05, 0.1) is 7.11 Å². The SMILES string of the molecule is COc1ccccc1/C=C/C(=O)c1cccc(CN(C)C)c1. The topological polar surface area (TPSA) is 29.5 Å². The van der Waals surface area contributed by atoms with Crippen molar-refractivity contribution >= 4 is 11.9 Å². The van der Waals surface area contributed by atoms with Crippen LogP contribution in [0.3, 0.4) is 0 Å². The van der Waals surface area contributed by atoms with Crippen LogP contribution in [0.4, 0.5) is 0 Å². The van der Waals surface area contributed by atoms with Gasteiger partial charge in [-0.15, -0.1) is 0 Å². The lowest BCUT2D eigenvalue weighted by Crippen LogP contribution is -2.11. The lowest BCUT2D eigenvalue weighted by Gasteiger charge is -2.10. The van der Waals surface area contributed by atoms with Gasteiger partial charge in [0.1, 0.15) is 5.75 Å². The summed E-state index contributed by atoms with van der Waals surface area (Å²) in [7, 11) is 5.64. The second-order valence-corrected chi connectivity index (χ2v) is 5.38. The van der Waals surface area contributed by atoms with Crippen molar-refractivity contribution in [3.8, 4) is 5.75 Å². The normalized spacial score (nSPS) is 11.1. The van der Waals surface area contributed by atoms with Crippen LogP contribution in [0.25, 0.3) is 6.08 Å². The maximum absolute atomic E-state index is 12.3. The Morgan fingerprint density at radius 1 is 1.14 bits per heavy atom. The number of hydrogen-bond acceptors (Lipinski definition) is 3. The Morgan fingerprint density at radius 2 is 1.91 bits per heavy atom. The number of ketones is 1. The molecule has 0 saturated carbocycles. The number of hydrogen-bond donors (Lipinski definition) is 0. The lowest BCUT2D eigenvalue weighted by molar-refractivity contribution is 0.104. The van der Waals surface area contributed by atoms with E-state index in [1.54, 1.807) is 19.3 Å². The first-order chi connectivity index (χ1) is 10.6. The third-order valence-electron chi connectivity index (χ3n) is 3.26. The number of allylic oxidation sites excluding steroid dienone is 1. The molecule has 0 bridgehead atoms. The third kappa shape index (κ3) is 4.30. The van der Waals surface area contributed by atoms with Crippen LogP contribution >= 0.6 is 0 Å². The van der Waals surface area contributed by atoms with E-state index in [1.165, 1.54) is 0 Å². The van der Waals surface area contributed by atoms with Crippen LogP contribution < -0.4 is 4.74 Å². The predicted molar refractivity (Wildman–Crippen MR) is 90.2 cm³/mol. The zero-order chi connectivity index (χ0) is 15.9. The van der Waals surface area contributed by atoms with Gasteiger partial charge in [-0.25, -0.2) is 0 Å². The summed E-state index contributed by atoms with van der Waals surface area (Å²) in [6.45, 7) is 0.817. The van der Waals surface area contributed by atoms with Gasteiger partial charge < -0.3 is 9.64 Å². The molecule has 3 heteroatoms. The highest BCUT2D eigenvalue weighted by atomic mass is 16.5. The molecule has 0 aromatic heterocycles. The smallest absolute Gasteiger partial charge is 0.185 e. The number of benzene rings is 2. The molecule has 0 amide bonds. The fourth-order valence-electron chi connectivity index (χ4n) is 2.25. The summed E-state index contributed by atoms with van der Waals surface area (Å²) >= 11 is 0. The van der Waals surface area contributed by atoms with Crippen LogP contribution in [-0.4, -0.2) is 31.9 Å². The van der Waals surface area contributed by atoms with Crippen molar-refractivity contribution in [1.82, 2.24) is 4.90 Å². The Hall–Kier alpha value is -2.39. The van der Waals surface area contributed by atoms with E-state index in [0.717, 1.165) is 23.4 Å². The van der Waals surface area contributed by atoms with E-state index in [-0.39, 0.29) is 5.78 Å². The van der Waals surface area contributed by atoms with Crippen LogP contribution in [0.1, 0.15) is 21.5 Å². The lowest BCUT2D eigenvalue weighted by atomic mass is 10.1. The minimum atomic E-state index is -0.00786. The highest BCUT2D eigenvalue weighted by Crippen LogP contribution is 2.19. The Balaban J connectivity index is 2.16. The van der Waals surface area contributed by atoms with Gasteiger partial charge in [0.15, 0.2) is 5.78 Å². The number of carbonyl (C=O) groups is 1. The molecule has 3 nitrogen and oxygen atoms in total. The van der Waals surface area contributed by atoms with E-state index in [2.05, 4.69) is 4.90 Å². The van der Waals surface area contributed by atoms with E-state index < -0.39 is 0 Å². The van der Waals surface area contributed by atoms with Crippen molar-refractivity contribution in [1.29, 1.82) is 0 Å². The van der Waals surface area contributed by atoms with Gasteiger partial charge in [-0.2, -0.15) is 0 Å². The molecule has 0 unspecified atom stereocenters. The van der Waals surface area contributed by atoms with Gasteiger partial charge in [0.2, 0.25) is 0 Å². The molecule has 22 heavy (non-hydrogen) atoms. The van der Waals surface area contributed by atoms with Crippen molar-refractivity contribution in [3.63, 3.8) is 0 Å². The van der Waals surface area contributed by atoms with E-state index in [9.17, 15) is 4.79 Å². The van der Waals surface area contributed by atoms with Gasteiger partial charge in [-0.3, -0.25) is 4.79 Å². The second kappa shape index (κ2) is 7.57. The minimum Gasteiger partial charge on any atom is -0.496 e. The number of carbonyl (C=O) groups excluding carboxylic acids is 1. The first-order valence-corrected chi connectivity index (χ1v) is 7.19. The zero-order valence-corrected chi connectivity index (χ0v) is 13.2. The Labute approximate surface area is 131 Å². The molecule has 0 atom stereocenters. The standard InChI is InChI=1S/C19H21NO2/c1-20(2)14-15-7-6-9-17(13-15)18(21)12-11-16-8-4-5-10-19(16)22-3/h4-13H,14H2,1-3H3/b12-11+. The average Bonchev–Trinajstić information content (AvgIpc) is 2.52. The fourth-order valence-corrected chi connectivity index (χ4v) is 2.25. The highest BCUT2D eigenvalue weighted by molar-refractivity contribution is 6.07. The summed E-state index contributed by atoms with van der Waals surface area (Å²) in [4.78, 5) is 14.4. The molecule has 2 aromatic rings. The first kappa shape index (κ1) is 16.0. The van der Waals surface area contributed by atoms with Gasteiger partial charge in [0, 0.05) is 17.7 Å². The molecule has 0 aliphatic rings.